The molecule has 0 heterocycles. The molecule has 4 atom stereocenters. The van der Waals surface area contributed by atoms with Gasteiger partial charge in [-0.05, 0) is 34.2 Å². The minimum atomic E-state index is 0.235. The number of hydrogen-bond donors (Lipinski definition) is 0. The van der Waals surface area contributed by atoms with Gasteiger partial charge in [0.15, 0.2) is 5.78 Å². The summed E-state index contributed by atoms with van der Waals surface area (Å²) in [6.07, 6.45) is 5.66. The van der Waals surface area contributed by atoms with Gasteiger partial charge in [-0.3, -0.25) is 4.79 Å². The zero-order valence-electron chi connectivity index (χ0n) is 6.84. The first kappa shape index (κ1) is 8.42. The van der Waals surface area contributed by atoms with E-state index >= 15 is 0 Å². The minimum Gasteiger partial charge on any atom is -0.293 e. The molecule has 0 aliphatic heterocycles. The zero-order valence-corrected chi connectivity index (χ0v) is 10.0. The summed E-state index contributed by atoms with van der Waals surface area (Å²) in [4.78, 5) is 11.8. The van der Waals surface area contributed by atoms with Gasteiger partial charge in [-0.25, -0.2) is 0 Å². The fraction of sp³-hybridized carbons (Fsp3) is 0.500. The van der Waals surface area contributed by atoms with Gasteiger partial charge >= 0.3 is 0 Å². The summed E-state index contributed by atoms with van der Waals surface area (Å²) in [6, 6.07) is 0. The van der Waals surface area contributed by atoms with Crippen molar-refractivity contribution in [2.45, 2.75) is 6.42 Å². The Kier molecular flexibility index (Phi) is 1.67. The molecule has 3 aliphatic carbocycles. The van der Waals surface area contributed by atoms with Crippen LogP contribution in [0, 0.1) is 23.7 Å². The maximum absolute atomic E-state index is 11.8. The van der Waals surface area contributed by atoms with Gasteiger partial charge in [0.2, 0.25) is 0 Å². The molecule has 0 aromatic heterocycles. The number of ketones is 1. The Bertz CT molecular complexity index is 356. The normalized spacial score (nSPS) is 46.5. The maximum Gasteiger partial charge on any atom is 0.174 e. The molecule has 0 amide bonds. The third-order valence-electron chi connectivity index (χ3n) is 3.48. The monoisotopic (exact) mass is 302 g/mol. The first-order chi connectivity index (χ1) is 6.20. The fourth-order valence-electron chi connectivity index (χ4n) is 2.94. The van der Waals surface area contributed by atoms with Crippen LogP contribution in [-0.4, -0.2) is 5.78 Å². The molecule has 3 rings (SSSR count). The molecule has 0 radical (unpaired) electrons. The standard InChI is InChI=1S/C10H8Br2O/c11-8-6-4-1-2-5(3-4)7(6)10(13)9(8)12/h1-2,4-7H,3H2/t4-,5-,6-,7-/m0/s1. The van der Waals surface area contributed by atoms with Crippen LogP contribution in [0.3, 0.4) is 0 Å². The highest BCUT2D eigenvalue weighted by Gasteiger charge is 2.53. The second-order valence-corrected chi connectivity index (χ2v) is 5.67. The number of allylic oxidation sites excluding steroid dienone is 4. The van der Waals surface area contributed by atoms with Crippen LogP contribution in [0.5, 0.6) is 0 Å². The first-order valence-corrected chi connectivity index (χ1v) is 6.06. The van der Waals surface area contributed by atoms with Crippen molar-refractivity contribution in [2.75, 3.05) is 0 Å². The van der Waals surface area contributed by atoms with Crippen LogP contribution in [0.15, 0.2) is 21.1 Å². The van der Waals surface area contributed by atoms with Crippen molar-refractivity contribution in [3.63, 3.8) is 0 Å². The van der Waals surface area contributed by atoms with Crippen LogP contribution in [0.25, 0.3) is 0 Å². The molecule has 1 saturated carbocycles. The molecule has 3 heteroatoms. The van der Waals surface area contributed by atoms with Gasteiger partial charge < -0.3 is 0 Å². The molecular formula is C10H8Br2O. The highest BCUT2D eigenvalue weighted by atomic mass is 79.9. The Hall–Kier alpha value is 0.110. The lowest BCUT2D eigenvalue weighted by molar-refractivity contribution is -0.118. The number of fused-ring (bicyclic) bond motifs is 5. The quantitative estimate of drug-likeness (QED) is 0.629. The highest BCUT2D eigenvalue weighted by molar-refractivity contribution is 9.14. The fourth-order valence-corrected chi connectivity index (χ4v) is 4.28. The smallest absolute Gasteiger partial charge is 0.174 e. The Morgan fingerprint density at radius 2 is 1.77 bits per heavy atom. The lowest BCUT2D eigenvalue weighted by Crippen LogP contribution is -2.21. The van der Waals surface area contributed by atoms with Crippen molar-refractivity contribution in [2.24, 2.45) is 23.7 Å². The Morgan fingerprint density at radius 1 is 1.15 bits per heavy atom. The van der Waals surface area contributed by atoms with Gasteiger partial charge in [0, 0.05) is 16.3 Å². The number of carbonyl (C=O) groups is 1. The van der Waals surface area contributed by atoms with E-state index in [0.29, 0.717) is 23.5 Å². The number of rotatable bonds is 0. The topological polar surface area (TPSA) is 17.1 Å². The van der Waals surface area contributed by atoms with E-state index in [1.165, 1.54) is 6.42 Å². The van der Waals surface area contributed by atoms with Crippen molar-refractivity contribution < 1.29 is 4.79 Å². The number of halogens is 2. The summed E-state index contributed by atoms with van der Waals surface area (Å²) in [5, 5.41) is 0. The van der Waals surface area contributed by atoms with Gasteiger partial charge in [-0.2, -0.15) is 0 Å². The third-order valence-corrected chi connectivity index (χ3v) is 5.76. The predicted octanol–water partition coefficient (Wildman–Crippen LogP) is 3.01. The van der Waals surface area contributed by atoms with E-state index in [1.54, 1.807) is 0 Å². The predicted molar refractivity (Wildman–Crippen MR) is 57.6 cm³/mol. The van der Waals surface area contributed by atoms with Crippen LogP contribution >= 0.6 is 31.9 Å². The molecule has 1 nitrogen and oxygen atoms in total. The van der Waals surface area contributed by atoms with Gasteiger partial charge in [-0.15, -0.1) is 0 Å². The molecule has 0 spiro atoms. The number of hydrogen-bond acceptors (Lipinski definition) is 1. The average Bonchev–Trinajstić information content (AvgIpc) is 2.76. The Labute approximate surface area is 93.5 Å². The third kappa shape index (κ3) is 0.899. The van der Waals surface area contributed by atoms with E-state index in [4.69, 9.17) is 0 Å². The molecule has 0 aromatic rings. The van der Waals surface area contributed by atoms with E-state index < -0.39 is 0 Å². The lowest BCUT2D eigenvalue weighted by atomic mass is 9.85. The SMILES string of the molecule is O=C1C(Br)=C(Br)[C@@H]2[C@@H]1[C@H]1C=C[C@H]2C1. The summed E-state index contributed by atoms with van der Waals surface area (Å²) in [5.74, 6) is 2.08. The average molecular weight is 304 g/mol. The van der Waals surface area contributed by atoms with Crippen molar-refractivity contribution in [1.82, 2.24) is 0 Å². The van der Waals surface area contributed by atoms with E-state index in [9.17, 15) is 4.79 Å². The summed E-state index contributed by atoms with van der Waals surface area (Å²) in [5.41, 5.74) is 0. The van der Waals surface area contributed by atoms with E-state index in [2.05, 4.69) is 44.0 Å². The number of Topliss-reactive ketones (excluding diaryl/α,β-unsaturated/α-hetero) is 1. The van der Waals surface area contributed by atoms with Crippen molar-refractivity contribution in [3.8, 4) is 0 Å². The molecular weight excluding hydrogens is 296 g/mol. The first-order valence-electron chi connectivity index (χ1n) is 4.48. The van der Waals surface area contributed by atoms with Crippen LogP contribution in [0.2, 0.25) is 0 Å². The molecule has 0 unspecified atom stereocenters. The van der Waals surface area contributed by atoms with Gasteiger partial charge in [-0.1, -0.05) is 28.1 Å². The summed E-state index contributed by atoms with van der Waals surface area (Å²) >= 11 is 6.89. The second kappa shape index (κ2) is 2.57. The second-order valence-electron chi connectivity index (χ2n) is 4.03. The Balaban J connectivity index is 2.11. The highest BCUT2D eigenvalue weighted by Crippen LogP contribution is 2.58. The van der Waals surface area contributed by atoms with Crippen LogP contribution < -0.4 is 0 Å². The molecule has 1 fully saturated rings. The van der Waals surface area contributed by atoms with Gasteiger partial charge in [0.05, 0.1) is 4.48 Å². The molecule has 2 bridgehead atoms. The zero-order chi connectivity index (χ0) is 9.16. The van der Waals surface area contributed by atoms with Crippen LogP contribution in [0.4, 0.5) is 0 Å². The Morgan fingerprint density at radius 3 is 2.38 bits per heavy atom. The molecule has 13 heavy (non-hydrogen) atoms. The van der Waals surface area contributed by atoms with Gasteiger partial charge in [0.25, 0.3) is 0 Å². The van der Waals surface area contributed by atoms with Crippen LogP contribution in [-0.2, 0) is 4.79 Å². The van der Waals surface area contributed by atoms with Crippen LogP contribution in [0.1, 0.15) is 6.42 Å². The molecule has 3 aliphatic rings. The molecule has 68 valence electrons. The number of carbonyl (C=O) groups excluding carboxylic acids is 1. The lowest BCUT2D eigenvalue weighted by Gasteiger charge is -2.19. The molecule has 0 N–H and O–H groups in total. The largest absolute Gasteiger partial charge is 0.293 e. The van der Waals surface area contributed by atoms with Crippen molar-refractivity contribution in [3.05, 3.63) is 21.1 Å². The molecule has 0 aromatic carbocycles. The van der Waals surface area contributed by atoms with Crippen molar-refractivity contribution in [1.29, 1.82) is 0 Å². The summed E-state index contributed by atoms with van der Waals surface area (Å²) < 4.78 is 1.88. The molecule has 0 saturated heterocycles. The van der Waals surface area contributed by atoms with E-state index in [-0.39, 0.29) is 5.92 Å². The van der Waals surface area contributed by atoms with E-state index in [0.717, 1.165) is 8.96 Å². The summed E-state index contributed by atoms with van der Waals surface area (Å²) in [7, 11) is 0. The minimum absolute atomic E-state index is 0.235. The maximum atomic E-state index is 11.8. The summed E-state index contributed by atoms with van der Waals surface area (Å²) in [6.45, 7) is 0. The van der Waals surface area contributed by atoms with Crippen molar-refractivity contribution >= 4 is 37.6 Å². The van der Waals surface area contributed by atoms with Gasteiger partial charge in [0.1, 0.15) is 0 Å². The van der Waals surface area contributed by atoms with E-state index in [1.807, 2.05) is 0 Å².